The lowest BCUT2D eigenvalue weighted by Gasteiger charge is -2.02. The van der Waals surface area contributed by atoms with Crippen LogP contribution in [0, 0.1) is 0 Å². The second-order valence-corrected chi connectivity index (χ2v) is 6.82. The standard InChI is InChI=1S/C17H14BrN3O2S/c1-11(12-5-4-6-13(18)9-12)20-21-16(22)10-24-17-19-14-7-2-3-8-15(14)23-17/h2-9H,10H2,1H3,(H,21,22)/b20-11+. The highest BCUT2D eigenvalue weighted by molar-refractivity contribution is 9.10. The molecule has 0 unspecified atom stereocenters. The molecule has 0 spiro atoms. The number of thioether (sulfide) groups is 1. The van der Waals surface area contributed by atoms with Crippen molar-refractivity contribution in [3.8, 4) is 0 Å². The Hall–Kier alpha value is -2.12. The Labute approximate surface area is 151 Å². The van der Waals surface area contributed by atoms with E-state index in [0.717, 1.165) is 21.3 Å². The van der Waals surface area contributed by atoms with Crippen LogP contribution in [-0.4, -0.2) is 22.4 Å². The number of oxazole rings is 1. The number of fused-ring (bicyclic) bond motifs is 1. The summed E-state index contributed by atoms with van der Waals surface area (Å²) in [7, 11) is 0. The molecule has 3 aromatic rings. The third kappa shape index (κ3) is 4.24. The second kappa shape index (κ2) is 7.63. The minimum atomic E-state index is -0.211. The highest BCUT2D eigenvalue weighted by Gasteiger charge is 2.09. The zero-order valence-electron chi connectivity index (χ0n) is 12.8. The molecular weight excluding hydrogens is 390 g/mol. The van der Waals surface area contributed by atoms with Gasteiger partial charge < -0.3 is 4.42 Å². The fourth-order valence-electron chi connectivity index (χ4n) is 2.00. The number of hydrogen-bond acceptors (Lipinski definition) is 5. The lowest BCUT2D eigenvalue weighted by Crippen LogP contribution is -2.21. The van der Waals surface area contributed by atoms with Gasteiger partial charge >= 0.3 is 0 Å². The Kier molecular flexibility index (Phi) is 5.32. The van der Waals surface area contributed by atoms with Crippen molar-refractivity contribution in [2.75, 3.05) is 5.75 Å². The van der Waals surface area contributed by atoms with Gasteiger partial charge in [-0.1, -0.05) is 52.0 Å². The SMILES string of the molecule is C/C(=N\NC(=O)CSc1nc2ccccc2o1)c1cccc(Br)c1. The largest absolute Gasteiger partial charge is 0.431 e. The molecule has 1 heterocycles. The zero-order chi connectivity index (χ0) is 16.9. The van der Waals surface area contributed by atoms with E-state index in [2.05, 4.69) is 31.4 Å². The fourth-order valence-corrected chi connectivity index (χ4v) is 3.03. The first-order chi connectivity index (χ1) is 11.6. The Balaban J connectivity index is 1.56. The number of halogens is 1. The van der Waals surface area contributed by atoms with Gasteiger partial charge in [0.25, 0.3) is 11.1 Å². The molecule has 3 rings (SSSR count). The van der Waals surface area contributed by atoms with Crippen LogP contribution in [0.5, 0.6) is 0 Å². The number of carbonyl (C=O) groups excluding carboxylic acids is 1. The van der Waals surface area contributed by atoms with Gasteiger partial charge in [-0.25, -0.2) is 10.4 Å². The monoisotopic (exact) mass is 403 g/mol. The second-order valence-electron chi connectivity index (χ2n) is 4.98. The van der Waals surface area contributed by atoms with Crippen LogP contribution in [0.4, 0.5) is 0 Å². The van der Waals surface area contributed by atoms with Crippen molar-refractivity contribution in [3.05, 3.63) is 58.6 Å². The van der Waals surface area contributed by atoms with Gasteiger partial charge in [0, 0.05) is 4.47 Å². The van der Waals surface area contributed by atoms with Crippen molar-refractivity contribution in [2.24, 2.45) is 5.10 Å². The van der Waals surface area contributed by atoms with Crippen molar-refractivity contribution in [1.29, 1.82) is 0 Å². The summed E-state index contributed by atoms with van der Waals surface area (Å²) in [6.07, 6.45) is 0. The number of amides is 1. The van der Waals surface area contributed by atoms with Gasteiger partial charge in [-0.3, -0.25) is 4.79 Å². The maximum Gasteiger partial charge on any atom is 0.257 e. The van der Waals surface area contributed by atoms with E-state index in [1.807, 2.05) is 55.5 Å². The van der Waals surface area contributed by atoms with Crippen LogP contribution in [0.3, 0.4) is 0 Å². The molecule has 0 saturated carbocycles. The van der Waals surface area contributed by atoms with Crippen LogP contribution in [0.25, 0.3) is 11.1 Å². The minimum Gasteiger partial charge on any atom is -0.431 e. The first-order valence-electron chi connectivity index (χ1n) is 7.19. The van der Waals surface area contributed by atoms with Crippen molar-refractivity contribution in [2.45, 2.75) is 12.1 Å². The van der Waals surface area contributed by atoms with Crippen molar-refractivity contribution >= 4 is 50.4 Å². The summed E-state index contributed by atoms with van der Waals surface area (Å²) in [5.41, 5.74) is 5.72. The van der Waals surface area contributed by atoms with Crippen LogP contribution in [0.2, 0.25) is 0 Å². The molecule has 0 saturated heterocycles. The number of nitrogens with one attached hydrogen (secondary N) is 1. The number of benzene rings is 2. The predicted molar refractivity (Wildman–Crippen MR) is 99.2 cm³/mol. The van der Waals surface area contributed by atoms with Crippen LogP contribution in [-0.2, 0) is 4.79 Å². The number of rotatable bonds is 5. The van der Waals surface area contributed by atoms with Gasteiger partial charge in [-0.05, 0) is 36.8 Å². The van der Waals surface area contributed by atoms with Crippen LogP contribution >= 0.6 is 27.7 Å². The average Bonchev–Trinajstić information content (AvgIpc) is 3.00. The first-order valence-corrected chi connectivity index (χ1v) is 8.97. The molecule has 0 fully saturated rings. The topological polar surface area (TPSA) is 67.5 Å². The summed E-state index contributed by atoms with van der Waals surface area (Å²) in [6, 6.07) is 15.2. The van der Waals surface area contributed by atoms with E-state index in [9.17, 15) is 4.79 Å². The number of hydrazone groups is 1. The van der Waals surface area contributed by atoms with Crippen molar-refractivity contribution < 1.29 is 9.21 Å². The van der Waals surface area contributed by atoms with Crippen molar-refractivity contribution in [1.82, 2.24) is 10.4 Å². The van der Waals surface area contributed by atoms with Gasteiger partial charge in [-0.2, -0.15) is 5.10 Å². The molecule has 0 radical (unpaired) electrons. The summed E-state index contributed by atoms with van der Waals surface area (Å²) in [5.74, 6) is -0.0289. The van der Waals surface area contributed by atoms with Crippen LogP contribution in [0.1, 0.15) is 12.5 Å². The predicted octanol–water partition coefficient (Wildman–Crippen LogP) is 4.22. The summed E-state index contributed by atoms with van der Waals surface area (Å²) >= 11 is 4.65. The lowest BCUT2D eigenvalue weighted by atomic mass is 10.1. The highest BCUT2D eigenvalue weighted by Crippen LogP contribution is 2.22. The van der Waals surface area contributed by atoms with Crippen LogP contribution < -0.4 is 5.43 Å². The number of carbonyl (C=O) groups is 1. The van der Waals surface area contributed by atoms with Gasteiger partial charge in [0.1, 0.15) is 5.52 Å². The van der Waals surface area contributed by atoms with Crippen LogP contribution in [0.15, 0.2) is 67.7 Å². The molecule has 2 aromatic carbocycles. The molecule has 0 bridgehead atoms. The number of para-hydroxylation sites is 2. The Morgan fingerprint density at radius 1 is 1.29 bits per heavy atom. The Morgan fingerprint density at radius 2 is 2.12 bits per heavy atom. The molecule has 0 atom stereocenters. The van der Waals surface area contributed by atoms with Gasteiger partial charge in [0.05, 0.1) is 11.5 Å². The van der Waals surface area contributed by atoms with Gasteiger partial charge in [-0.15, -0.1) is 0 Å². The van der Waals surface area contributed by atoms with E-state index in [0.29, 0.717) is 10.8 Å². The maximum absolute atomic E-state index is 11.9. The third-order valence-corrected chi connectivity index (χ3v) is 4.51. The summed E-state index contributed by atoms with van der Waals surface area (Å²) < 4.78 is 6.52. The average molecular weight is 404 g/mol. The molecule has 0 aliphatic carbocycles. The number of hydrogen-bond donors (Lipinski definition) is 1. The van der Waals surface area contributed by atoms with Gasteiger partial charge in [0.15, 0.2) is 5.58 Å². The number of aromatic nitrogens is 1. The normalized spacial score (nSPS) is 11.7. The number of nitrogens with zero attached hydrogens (tertiary/aromatic N) is 2. The van der Waals surface area contributed by atoms with E-state index < -0.39 is 0 Å². The molecule has 7 heteroatoms. The lowest BCUT2D eigenvalue weighted by molar-refractivity contribution is -0.118. The first kappa shape index (κ1) is 16.7. The smallest absolute Gasteiger partial charge is 0.257 e. The van der Waals surface area contributed by atoms with E-state index in [4.69, 9.17) is 4.42 Å². The zero-order valence-corrected chi connectivity index (χ0v) is 15.2. The molecule has 5 nitrogen and oxygen atoms in total. The fraction of sp³-hybridized carbons (Fsp3) is 0.118. The van der Waals surface area contributed by atoms with Gasteiger partial charge in [0.2, 0.25) is 0 Å². The molecule has 0 aliphatic rings. The van der Waals surface area contributed by atoms with E-state index in [1.165, 1.54) is 11.8 Å². The molecule has 122 valence electrons. The summed E-state index contributed by atoms with van der Waals surface area (Å²) in [6.45, 7) is 1.84. The quantitative estimate of drug-likeness (QED) is 0.393. The molecule has 1 amide bonds. The van der Waals surface area contributed by atoms with E-state index in [-0.39, 0.29) is 11.7 Å². The van der Waals surface area contributed by atoms with Crippen molar-refractivity contribution in [3.63, 3.8) is 0 Å². The Morgan fingerprint density at radius 3 is 2.92 bits per heavy atom. The Bertz CT molecular complexity index is 874. The molecule has 24 heavy (non-hydrogen) atoms. The summed E-state index contributed by atoms with van der Waals surface area (Å²) in [4.78, 5) is 16.2. The summed E-state index contributed by atoms with van der Waals surface area (Å²) in [5, 5.41) is 4.59. The van der Waals surface area contributed by atoms with E-state index in [1.54, 1.807) is 0 Å². The molecule has 0 aliphatic heterocycles. The third-order valence-electron chi connectivity index (χ3n) is 3.19. The van der Waals surface area contributed by atoms with E-state index >= 15 is 0 Å². The molecular formula is C17H14BrN3O2S. The molecule has 1 N–H and O–H groups in total. The highest BCUT2D eigenvalue weighted by atomic mass is 79.9. The minimum absolute atomic E-state index is 0.183. The molecule has 1 aromatic heterocycles. The maximum atomic E-state index is 11.9.